The van der Waals surface area contributed by atoms with Gasteiger partial charge in [0, 0.05) is 19.4 Å². The SMILES string of the molecule is CCCCC1(N)N=C(N)c2ncc(Cc3ccc(CN4CCCC4)cc3)n2N1. The number of amidine groups is 1. The van der Waals surface area contributed by atoms with E-state index < -0.39 is 5.79 Å². The van der Waals surface area contributed by atoms with Crippen LogP contribution in [0.25, 0.3) is 0 Å². The van der Waals surface area contributed by atoms with Crippen LogP contribution in [0.2, 0.25) is 0 Å². The van der Waals surface area contributed by atoms with Crippen LogP contribution < -0.4 is 16.9 Å². The first-order chi connectivity index (χ1) is 13.6. The van der Waals surface area contributed by atoms with Crippen LogP contribution in [0, 0.1) is 0 Å². The largest absolute Gasteiger partial charge is 0.381 e. The number of benzene rings is 1. The minimum atomic E-state index is -0.873. The van der Waals surface area contributed by atoms with Crippen molar-refractivity contribution in [3.63, 3.8) is 0 Å². The highest BCUT2D eigenvalue weighted by molar-refractivity contribution is 5.95. The van der Waals surface area contributed by atoms with E-state index in [1.165, 1.54) is 37.1 Å². The summed E-state index contributed by atoms with van der Waals surface area (Å²) in [7, 11) is 0. The Morgan fingerprint density at radius 3 is 2.57 bits per heavy atom. The molecule has 0 spiro atoms. The van der Waals surface area contributed by atoms with Gasteiger partial charge in [0.05, 0.1) is 11.9 Å². The molecule has 0 aliphatic carbocycles. The Morgan fingerprint density at radius 1 is 1.14 bits per heavy atom. The number of aromatic nitrogens is 2. The van der Waals surface area contributed by atoms with Gasteiger partial charge in [-0.15, -0.1) is 0 Å². The molecule has 4 rings (SSSR count). The Labute approximate surface area is 166 Å². The fraction of sp³-hybridized carbons (Fsp3) is 0.524. The van der Waals surface area contributed by atoms with E-state index in [0.29, 0.717) is 11.7 Å². The highest BCUT2D eigenvalue weighted by Gasteiger charge is 2.31. The first-order valence-corrected chi connectivity index (χ1v) is 10.4. The molecule has 1 aromatic carbocycles. The standard InChI is InChI=1S/C21H31N7/c1-2-3-10-21(23)25-19(22)20-24-14-18(28(20)26-21)13-16-6-8-17(9-7-16)15-27-11-4-5-12-27/h6-9,14,26H,2-5,10-13,15,23H2,1H3,(H2,22,25). The molecule has 2 aromatic rings. The van der Waals surface area contributed by atoms with Crippen LogP contribution in [-0.2, 0) is 13.0 Å². The number of imidazole rings is 1. The van der Waals surface area contributed by atoms with Crippen LogP contribution in [0.3, 0.4) is 0 Å². The van der Waals surface area contributed by atoms with E-state index in [4.69, 9.17) is 11.5 Å². The molecule has 0 saturated carbocycles. The quantitative estimate of drug-likeness (QED) is 0.683. The zero-order valence-corrected chi connectivity index (χ0v) is 16.7. The number of likely N-dealkylation sites (tertiary alicyclic amines) is 1. The zero-order valence-electron chi connectivity index (χ0n) is 16.7. The number of nitrogens with two attached hydrogens (primary N) is 2. The lowest BCUT2D eigenvalue weighted by Crippen LogP contribution is -2.55. The molecule has 1 unspecified atom stereocenters. The number of hydrogen-bond acceptors (Lipinski definition) is 6. The lowest BCUT2D eigenvalue weighted by atomic mass is 10.1. The van der Waals surface area contributed by atoms with E-state index in [2.05, 4.69) is 51.5 Å². The van der Waals surface area contributed by atoms with Crippen molar-refractivity contribution in [3.8, 4) is 0 Å². The number of aliphatic imine (C=N–C) groups is 1. The molecule has 1 atom stereocenters. The second-order valence-electron chi connectivity index (χ2n) is 8.02. The highest BCUT2D eigenvalue weighted by Crippen LogP contribution is 2.21. The summed E-state index contributed by atoms with van der Waals surface area (Å²) in [6.07, 6.45) is 8.04. The molecule has 1 fully saturated rings. The van der Waals surface area contributed by atoms with Gasteiger partial charge in [-0.3, -0.25) is 16.1 Å². The number of rotatable bonds is 7. The zero-order chi connectivity index (χ0) is 19.6. The van der Waals surface area contributed by atoms with Gasteiger partial charge in [0.2, 0.25) is 0 Å². The van der Waals surface area contributed by atoms with Crippen molar-refractivity contribution in [2.75, 3.05) is 18.5 Å². The summed E-state index contributed by atoms with van der Waals surface area (Å²) < 4.78 is 1.91. The van der Waals surface area contributed by atoms with Gasteiger partial charge in [-0.2, -0.15) is 0 Å². The van der Waals surface area contributed by atoms with Gasteiger partial charge in [0.1, 0.15) is 0 Å². The second kappa shape index (κ2) is 7.93. The molecule has 0 bridgehead atoms. The fourth-order valence-corrected chi connectivity index (χ4v) is 4.03. The molecule has 2 aliphatic rings. The fourth-order valence-electron chi connectivity index (χ4n) is 4.03. The summed E-state index contributed by atoms with van der Waals surface area (Å²) in [5.74, 6) is 0.157. The van der Waals surface area contributed by atoms with E-state index in [0.717, 1.165) is 37.9 Å². The number of unbranched alkanes of at least 4 members (excludes halogenated alkanes) is 1. The molecule has 0 amide bonds. The molecule has 7 heteroatoms. The van der Waals surface area contributed by atoms with Gasteiger partial charge in [-0.25, -0.2) is 14.7 Å². The average molecular weight is 382 g/mol. The molecule has 28 heavy (non-hydrogen) atoms. The van der Waals surface area contributed by atoms with E-state index >= 15 is 0 Å². The first-order valence-electron chi connectivity index (χ1n) is 10.4. The van der Waals surface area contributed by atoms with Gasteiger partial charge in [-0.05, 0) is 43.5 Å². The number of fused-ring (bicyclic) bond motifs is 1. The third-order valence-corrected chi connectivity index (χ3v) is 5.61. The second-order valence-corrected chi connectivity index (χ2v) is 8.02. The van der Waals surface area contributed by atoms with E-state index in [1.54, 1.807) is 0 Å². The van der Waals surface area contributed by atoms with Gasteiger partial charge in [0.15, 0.2) is 17.4 Å². The van der Waals surface area contributed by atoms with Gasteiger partial charge in [-0.1, -0.05) is 37.6 Å². The van der Waals surface area contributed by atoms with Crippen LogP contribution >= 0.6 is 0 Å². The Hall–Kier alpha value is -2.38. The van der Waals surface area contributed by atoms with Crippen LogP contribution in [-0.4, -0.2) is 39.3 Å². The van der Waals surface area contributed by atoms with Crippen molar-refractivity contribution in [1.29, 1.82) is 0 Å². The van der Waals surface area contributed by atoms with Crippen LogP contribution in [0.1, 0.15) is 61.7 Å². The van der Waals surface area contributed by atoms with E-state index in [9.17, 15) is 0 Å². The number of hydrogen-bond donors (Lipinski definition) is 3. The lowest BCUT2D eigenvalue weighted by Gasteiger charge is -2.33. The highest BCUT2D eigenvalue weighted by atomic mass is 15.6. The Balaban J connectivity index is 1.47. The topological polar surface area (TPSA) is 97.5 Å². The van der Waals surface area contributed by atoms with Gasteiger partial charge in [0.25, 0.3) is 0 Å². The van der Waals surface area contributed by atoms with E-state index in [1.807, 2.05) is 10.9 Å². The van der Waals surface area contributed by atoms with Crippen LogP contribution in [0.5, 0.6) is 0 Å². The molecular weight excluding hydrogens is 350 g/mol. The third kappa shape index (κ3) is 4.05. The molecule has 1 aromatic heterocycles. The van der Waals surface area contributed by atoms with Crippen molar-refractivity contribution >= 4 is 5.84 Å². The normalized spacial score (nSPS) is 22.0. The summed E-state index contributed by atoms with van der Waals surface area (Å²) in [4.78, 5) is 11.4. The van der Waals surface area contributed by atoms with Gasteiger partial charge < -0.3 is 5.73 Å². The smallest absolute Gasteiger partial charge is 0.198 e. The maximum Gasteiger partial charge on any atom is 0.198 e. The summed E-state index contributed by atoms with van der Waals surface area (Å²) in [6.45, 7) is 5.62. The minimum absolute atomic E-state index is 0.393. The monoisotopic (exact) mass is 381 g/mol. The molecular formula is C21H31N7. The van der Waals surface area contributed by atoms with Crippen molar-refractivity contribution in [1.82, 2.24) is 14.6 Å². The molecule has 2 aliphatic heterocycles. The summed E-state index contributed by atoms with van der Waals surface area (Å²) in [5.41, 5.74) is 19.6. The molecule has 3 heterocycles. The first kappa shape index (κ1) is 19.0. The summed E-state index contributed by atoms with van der Waals surface area (Å²) in [5, 5.41) is 0. The van der Waals surface area contributed by atoms with Crippen molar-refractivity contribution in [2.45, 2.75) is 57.8 Å². The van der Waals surface area contributed by atoms with Crippen LogP contribution in [0.4, 0.5) is 0 Å². The number of nitrogens with one attached hydrogen (secondary N) is 1. The molecule has 7 nitrogen and oxygen atoms in total. The van der Waals surface area contributed by atoms with Crippen molar-refractivity contribution in [3.05, 3.63) is 53.1 Å². The maximum atomic E-state index is 6.44. The molecule has 5 N–H and O–H groups in total. The van der Waals surface area contributed by atoms with Crippen molar-refractivity contribution < 1.29 is 0 Å². The Morgan fingerprint density at radius 2 is 1.86 bits per heavy atom. The van der Waals surface area contributed by atoms with Crippen LogP contribution in [0.15, 0.2) is 35.5 Å². The molecule has 0 radical (unpaired) electrons. The Kier molecular flexibility index (Phi) is 5.37. The minimum Gasteiger partial charge on any atom is -0.381 e. The van der Waals surface area contributed by atoms with Gasteiger partial charge >= 0.3 is 0 Å². The molecule has 1 saturated heterocycles. The Bertz CT molecular complexity index is 833. The average Bonchev–Trinajstić information content (AvgIpc) is 3.32. The predicted octanol–water partition coefficient (Wildman–Crippen LogP) is 2.13. The van der Waals surface area contributed by atoms with Crippen molar-refractivity contribution in [2.24, 2.45) is 16.5 Å². The summed E-state index contributed by atoms with van der Waals surface area (Å²) in [6, 6.07) is 8.88. The molecule has 150 valence electrons. The number of nitrogens with zero attached hydrogens (tertiary/aromatic N) is 4. The lowest BCUT2D eigenvalue weighted by molar-refractivity contribution is 0.331. The van der Waals surface area contributed by atoms with E-state index in [-0.39, 0.29) is 0 Å². The third-order valence-electron chi connectivity index (χ3n) is 5.61. The maximum absolute atomic E-state index is 6.44. The summed E-state index contributed by atoms with van der Waals surface area (Å²) >= 11 is 0. The predicted molar refractivity (Wildman–Crippen MR) is 113 cm³/mol.